The molecule has 0 N–H and O–H groups in total. The predicted molar refractivity (Wildman–Crippen MR) is 106 cm³/mol. The van der Waals surface area contributed by atoms with Crippen molar-refractivity contribution in [2.24, 2.45) is 22.7 Å². The molecular formula is C23H42F2O. The van der Waals surface area contributed by atoms with Crippen molar-refractivity contribution in [3.8, 4) is 0 Å². The fraction of sp³-hybridized carbons (Fsp3) is 1.00. The molecule has 0 bridgehead atoms. The summed E-state index contributed by atoms with van der Waals surface area (Å²) in [5.41, 5.74) is -0.0367. The zero-order chi connectivity index (χ0) is 19.8. The summed E-state index contributed by atoms with van der Waals surface area (Å²) >= 11 is 0. The van der Waals surface area contributed by atoms with Gasteiger partial charge in [0.1, 0.15) is 0 Å². The lowest BCUT2D eigenvalue weighted by molar-refractivity contribution is -0.205. The SMILES string of the molecule is CCC1(C(C)C)CCC(OC(C)(C)C2(C(C)C)CCC(F)(F)CC2)CC1. The van der Waals surface area contributed by atoms with Gasteiger partial charge in [-0.1, -0.05) is 41.0 Å². The summed E-state index contributed by atoms with van der Waals surface area (Å²) < 4.78 is 34.4. The number of hydrogen-bond acceptors (Lipinski definition) is 1. The van der Waals surface area contributed by atoms with Crippen molar-refractivity contribution >= 4 is 0 Å². The molecule has 0 aliphatic heterocycles. The van der Waals surface area contributed by atoms with Crippen LogP contribution in [0.1, 0.15) is 106 Å². The molecule has 3 heteroatoms. The highest BCUT2D eigenvalue weighted by Crippen LogP contribution is 2.56. The van der Waals surface area contributed by atoms with E-state index in [4.69, 9.17) is 4.74 Å². The first kappa shape index (κ1) is 22.1. The Kier molecular flexibility index (Phi) is 6.53. The highest BCUT2D eigenvalue weighted by Gasteiger charge is 2.54. The topological polar surface area (TPSA) is 9.23 Å². The Labute approximate surface area is 160 Å². The maximum Gasteiger partial charge on any atom is 0.248 e. The summed E-state index contributed by atoms with van der Waals surface area (Å²) in [6.45, 7) is 15.7. The molecule has 2 aliphatic rings. The van der Waals surface area contributed by atoms with Crippen LogP contribution in [0.4, 0.5) is 8.78 Å². The van der Waals surface area contributed by atoms with Crippen LogP contribution in [0, 0.1) is 22.7 Å². The van der Waals surface area contributed by atoms with Crippen molar-refractivity contribution in [2.75, 3.05) is 0 Å². The summed E-state index contributed by atoms with van der Waals surface area (Å²) in [4.78, 5) is 0. The van der Waals surface area contributed by atoms with Gasteiger partial charge >= 0.3 is 0 Å². The van der Waals surface area contributed by atoms with E-state index in [0.717, 1.165) is 12.8 Å². The summed E-state index contributed by atoms with van der Waals surface area (Å²) in [5.74, 6) is -1.43. The molecule has 0 aromatic rings. The molecule has 0 aromatic heterocycles. The van der Waals surface area contributed by atoms with Gasteiger partial charge in [-0.05, 0) is 69.6 Å². The second-order valence-electron chi connectivity index (χ2n) is 10.4. The second-order valence-corrected chi connectivity index (χ2v) is 10.4. The lowest BCUT2D eigenvalue weighted by atomic mass is 9.58. The van der Waals surface area contributed by atoms with Crippen LogP contribution in [0.25, 0.3) is 0 Å². The number of rotatable bonds is 6. The Hall–Kier alpha value is -0.180. The smallest absolute Gasteiger partial charge is 0.248 e. The largest absolute Gasteiger partial charge is 0.372 e. The van der Waals surface area contributed by atoms with Crippen molar-refractivity contribution in [3.63, 3.8) is 0 Å². The lowest BCUT2D eigenvalue weighted by Gasteiger charge is -2.55. The highest BCUT2D eigenvalue weighted by molar-refractivity contribution is 5.02. The molecule has 26 heavy (non-hydrogen) atoms. The summed E-state index contributed by atoms with van der Waals surface area (Å²) in [6.07, 6.45) is 7.37. The first-order chi connectivity index (χ1) is 11.9. The Morgan fingerprint density at radius 2 is 1.38 bits per heavy atom. The molecule has 0 atom stereocenters. The van der Waals surface area contributed by atoms with Crippen molar-refractivity contribution in [1.82, 2.24) is 0 Å². The number of halogens is 2. The Morgan fingerprint density at radius 3 is 1.77 bits per heavy atom. The van der Waals surface area contributed by atoms with Gasteiger partial charge < -0.3 is 4.74 Å². The average molecular weight is 373 g/mol. The highest BCUT2D eigenvalue weighted by atomic mass is 19.3. The normalized spacial score (nSPS) is 32.2. The molecular weight excluding hydrogens is 330 g/mol. The number of hydrogen-bond donors (Lipinski definition) is 0. The molecule has 0 heterocycles. The minimum Gasteiger partial charge on any atom is -0.372 e. The standard InChI is InChI=1S/C23H42F2O/c1-8-21(17(2)3)11-9-19(10-12-21)26-20(6,7)22(18(4)5)13-15-23(24,25)16-14-22/h17-19H,8-16H2,1-7H3. The van der Waals surface area contributed by atoms with Gasteiger partial charge in [0.2, 0.25) is 5.92 Å². The van der Waals surface area contributed by atoms with Crippen LogP contribution in [-0.4, -0.2) is 17.6 Å². The third-order valence-corrected chi connectivity index (χ3v) is 8.50. The summed E-state index contributed by atoms with van der Waals surface area (Å²) in [7, 11) is 0. The Bertz CT molecular complexity index is 449. The van der Waals surface area contributed by atoms with Gasteiger partial charge in [0.25, 0.3) is 0 Å². The zero-order valence-electron chi connectivity index (χ0n) is 18.3. The fourth-order valence-corrected chi connectivity index (χ4v) is 6.09. The van der Waals surface area contributed by atoms with Gasteiger partial charge in [-0.15, -0.1) is 0 Å². The number of alkyl halides is 2. The third kappa shape index (κ3) is 4.13. The first-order valence-corrected chi connectivity index (χ1v) is 11.0. The fourth-order valence-electron chi connectivity index (χ4n) is 6.09. The second kappa shape index (κ2) is 7.68. The van der Waals surface area contributed by atoms with Crippen LogP contribution < -0.4 is 0 Å². The minimum absolute atomic E-state index is 0.00886. The molecule has 1 nitrogen and oxygen atoms in total. The van der Waals surface area contributed by atoms with Gasteiger partial charge in [0.05, 0.1) is 11.7 Å². The maximum absolute atomic E-state index is 13.8. The van der Waals surface area contributed by atoms with E-state index in [2.05, 4.69) is 48.5 Å². The quantitative estimate of drug-likeness (QED) is 0.466. The molecule has 0 radical (unpaired) electrons. The lowest BCUT2D eigenvalue weighted by Crippen LogP contribution is -2.54. The van der Waals surface area contributed by atoms with Crippen LogP contribution in [0.2, 0.25) is 0 Å². The van der Waals surface area contributed by atoms with Crippen LogP contribution >= 0.6 is 0 Å². The van der Waals surface area contributed by atoms with E-state index in [1.165, 1.54) is 19.3 Å². The van der Waals surface area contributed by atoms with Crippen molar-refractivity contribution in [2.45, 2.75) is 124 Å². The van der Waals surface area contributed by atoms with Crippen LogP contribution in [0.5, 0.6) is 0 Å². The van der Waals surface area contributed by atoms with E-state index in [1.807, 2.05) is 0 Å². The molecule has 154 valence electrons. The first-order valence-electron chi connectivity index (χ1n) is 11.0. The molecule has 0 spiro atoms. The molecule has 2 saturated carbocycles. The molecule has 2 fully saturated rings. The van der Waals surface area contributed by atoms with Crippen LogP contribution in [-0.2, 0) is 4.74 Å². The van der Waals surface area contributed by atoms with Gasteiger partial charge in [-0.25, -0.2) is 8.78 Å². The Morgan fingerprint density at radius 1 is 0.885 bits per heavy atom. The van der Waals surface area contributed by atoms with E-state index in [-0.39, 0.29) is 30.0 Å². The van der Waals surface area contributed by atoms with Crippen molar-refractivity contribution < 1.29 is 13.5 Å². The average Bonchev–Trinajstić information content (AvgIpc) is 2.54. The van der Waals surface area contributed by atoms with E-state index in [1.54, 1.807) is 0 Å². The monoisotopic (exact) mass is 372 g/mol. The number of ether oxygens (including phenoxy) is 1. The minimum atomic E-state index is -2.49. The van der Waals surface area contributed by atoms with E-state index in [9.17, 15) is 8.78 Å². The molecule has 2 aliphatic carbocycles. The zero-order valence-corrected chi connectivity index (χ0v) is 18.3. The van der Waals surface area contributed by atoms with E-state index < -0.39 is 5.92 Å². The molecule has 0 saturated heterocycles. The molecule has 0 unspecified atom stereocenters. The van der Waals surface area contributed by atoms with Crippen LogP contribution in [0.3, 0.4) is 0 Å². The van der Waals surface area contributed by atoms with Crippen molar-refractivity contribution in [1.29, 1.82) is 0 Å². The third-order valence-electron chi connectivity index (χ3n) is 8.50. The van der Waals surface area contributed by atoms with Crippen LogP contribution in [0.15, 0.2) is 0 Å². The van der Waals surface area contributed by atoms with Gasteiger partial charge in [0, 0.05) is 18.3 Å². The summed E-state index contributed by atoms with van der Waals surface area (Å²) in [5, 5.41) is 0. The molecule has 2 rings (SSSR count). The van der Waals surface area contributed by atoms with Gasteiger partial charge in [-0.2, -0.15) is 0 Å². The van der Waals surface area contributed by atoms with Crippen molar-refractivity contribution in [3.05, 3.63) is 0 Å². The maximum atomic E-state index is 13.8. The predicted octanol–water partition coefficient (Wildman–Crippen LogP) is 7.63. The summed E-state index contributed by atoms with van der Waals surface area (Å²) in [6, 6.07) is 0. The molecule has 0 aromatic carbocycles. The molecule has 0 amide bonds. The van der Waals surface area contributed by atoms with E-state index >= 15 is 0 Å². The van der Waals surface area contributed by atoms with Gasteiger partial charge in [0.15, 0.2) is 0 Å². The Balaban J connectivity index is 2.07. The van der Waals surface area contributed by atoms with Gasteiger partial charge in [-0.3, -0.25) is 0 Å². The van der Waals surface area contributed by atoms with E-state index in [0.29, 0.717) is 30.1 Å².